The van der Waals surface area contributed by atoms with Gasteiger partial charge in [-0.25, -0.2) is 9.97 Å². The molecule has 0 spiro atoms. The fourth-order valence-corrected chi connectivity index (χ4v) is 3.56. The van der Waals surface area contributed by atoms with Crippen molar-refractivity contribution in [3.05, 3.63) is 45.5 Å². The largest absolute Gasteiger partial charge is 0.494 e. The Morgan fingerprint density at radius 1 is 1.24 bits per heavy atom. The molecule has 0 unspecified atom stereocenters. The molecular weight excluding hydrogens is 458 g/mol. The fourth-order valence-electron chi connectivity index (χ4n) is 2.95. The second kappa shape index (κ2) is 8.94. The molecule has 0 bridgehead atoms. The first-order valence-corrected chi connectivity index (χ1v) is 9.96. The number of carbonyl (C=O) groups excluding carboxylic acids is 1. The van der Waals surface area contributed by atoms with Crippen molar-refractivity contribution in [2.75, 3.05) is 31.8 Å². The Kier molecular flexibility index (Phi) is 6.56. The molecule has 0 saturated heterocycles. The summed E-state index contributed by atoms with van der Waals surface area (Å²) in [5.74, 6) is 0.844. The Morgan fingerprint density at radius 2 is 1.97 bits per heavy atom. The maximum atomic E-state index is 11.5. The first kappa shape index (κ1) is 21.3. The summed E-state index contributed by atoms with van der Waals surface area (Å²) in [6.45, 7) is 2.20. The van der Waals surface area contributed by atoms with E-state index in [0.29, 0.717) is 37.8 Å². The smallest absolute Gasteiger partial charge is 0.227 e. The molecule has 152 valence electrons. The lowest BCUT2D eigenvalue weighted by molar-refractivity contribution is -0.114. The maximum Gasteiger partial charge on any atom is 0.227 e. The quantitative estimate of drug-likeness (QED) is 0.529. The average molecular weight is 479 g/mol. The Labute approximate surface area is 182 Å². The van der Waals surface area contributed by atoms with Gasteiger partial charge in [-0.1, -0.05) is 11.6 Å². The van der Waals surface area contributed by atoms with E-state index in [0.717, 1.165) is 17.8 Å². The van der Waals surface area contributed by atoms with Crippen LogP contribution in [0, 0.1) is 0 Å². The molecule has 3 rings (SSSR count). The third kappa shape index (κ3) is 5.14. The zero-order valence-electron chi connectivity index (χ0n) is 16.5. The number of nitrogens with zero attached hydrogens (tertiary/aromatic N) is 3. The van der Waals surface area contributed by atoms with Crippen LogP contribution in [0.2, 0.25) is 5.02 Å². The predicted molar refractivity (Wildman–Crippen MR) is 120 cm³/mol. The molecule has 1 heterocycles. The molecule has 29 heavy (non-hydrogen) atoms. The highest BCUT2D eigenvalue weighted by molar-refractivity contribution is 9.10. The van der Waals surface area contributed by atoms with Crippen LogP contribution in [-0.2, 0) is 11.3 Å². The monoisotopic (exact) mass is 477 g/mol. The van der Waals surface area contributed by atoms with Gasteiger partial charge < -0.3 is 20.3 Å². The van der Waals surface area contributed by atoms with Gasteiger partial charge in [-0.3, -0.25) is 4.79 Å². The highest BCUT2D eigenvalue weighted by atomic mass is 79.9. The first-order valence-electron chi connectivity index (χ1n) is 8.79. The van der Waals surface area contributed by atoms with Crippen molar-refractivity contribution >= 4 is 61.7 Å². The normalized spacial score (nSPS) is 11.0. The average Bonchev–Trinajstić information content (AvgIpc) is 2.63. The second-order valence-corrected chi connectivity index (χ2v) is 8.03. The summed E-state index contributed by atoms with van der Waals surface area (Å²) in [6, 6.07) is 7.53. The van der Waals surface area contributed by atoms with Crippen LogP contribution in [0.25, 0.3) is 10.9 Å². The fraction of sp³-hybridized carbons (Fsp3) is 0.250. The number of aromatic nitrogens is 2. The number of halogens is 2. The molecule has 0 aliphatic rings. The molecule has 0 aliphatic carbocycles. The van der Waals surface area contributed by atoms with Crippen LogP contribution in [0.3, 0.4) is 0 Å². The number of amides is 1. The molecule has 0 atom stereocenters. The Balaban J connectivity index is 2.01. The molecule has 0 saturated carbocycles. The molecule has 2 N–H and O–H groups in total. The molecule has 9 heteroatoms. The molecule has 7 nitrogen and oxygen atoms in total. The molecule has 0 aliphatic heterocycles. The number of carbonyl (C=O) groups is 1. The van der Waals surface area contributed by atoms with E-state index in [1.165, 1.54) is 6.92 Å². The van der Waals surface area contributed by atoms with Crippen molar-refractivity contribution in [3.8, 4) is 5.75 Å². The van der Waals surface area contributed by atoms with E-state index in [9.17, 15) is 4.79 Å². The molecule has 3 aromatic rings. The number of fused-ring (bicyclic) bond motifs is 1. The third-order valence-electron chi connectivity index (χ3n) is 4.01. The van der Waals surface area contributed by atoms with Gasteiger partial charge in [0.25, 0.3) is 0 Å². The van der Waals surface area contributed by atoms with Gasteiger partial charge in [0.15, 0.2) is 0 Å². The summed E-state index contributed by atoms with van der Waals surface area (Å²) in [7, 11) is 5.55. The molecule has 1 aromatic heterocycles. The lowest BCUT2D eigenvalue weighted by Crippen LogP contribution is -2.12. The van der Waals surface area contributed by atoms with E-state index in [4.69, 9.17) is 16.3 Å². The minimum Gasteiger partial charge on any atom is -0.494 e. The first-order chi connectivity index (χ1) is 13.8. The Hall–Kier alpha value is -2.42. The van der Waals surface area contributed by atoms with Gasteiger partial charge in [-0.05, 0) is 59.9 Å². The number of hydrogen-bond donors (Lipinski definition) is 2. The van der Waals surface area contributed by atoms with Gasteiger partial charge in [0.1, 0.15) is 11.3 Å². The van der Waals surface area contributed by atoms with Crippen LogP contribution in [0.15, 0.2) is 34.9 Å². The van der Waals surface area contributed by atoms with Crippen molar-refractivity contribution < 1.29 is 9.53 Å². The summed E-state index contributed by atoms with van der Waals surface area (Å²) < 4.78 is 6.15. The zero-order chi connectivity index (χ0) is 21.1. The molecular formula is C20H21BrClN5O2. The van der Waals surface area contributed by atoms with Crippen molar-refractivity contribution in [2.24, 2.45) is 0 Å². The van der Waals surface area contributed by atoms with Crippen LogP contribution < -0.4 is 15.4 Å². The minimum absolute atomic E-state index is 0.134. The van der Waals surface area contributed by atoms with Gasteiger partial charge in [0.05, 0.1) is 12.1 Å². The molecule has 0 radical (unpaired) electrons. The number of methoxy groups -OCH3 is 1. The van der Waals surface area contributed by atoms with Crippen LogP contribution in [0.4, 0.5) is 17.3 Å². The minimum atomic E-state index is -0.134. The van der Waals surface area contributed by atoms with E-state index in [1.54, 1.807) is 19.4 Å². The van der Waals surface area contributed by atoms with Gasteiger partial charge in [-0.15, -0.1) is 0 Å². The van der Waals surface area contributed by atoms with Crippen LogP contribution in [0.5, 0.6) is 5.75 Å². The standard InChI is InChI=1S/C20H21BrClN5O2/c1-11(28)24-13-5-12(10-27(2)3)6-14(7-13)25-20-23-9-15-18(22)16(21)8-17(29-4)19(15)26-20/h5-9H,10H2,1-4H3,(H,24,28)(H,23,25,26). The third-order valence-corrected chi connectivity index (χ3v) is 5.28. The van der Waals surface area contributed by atoms with E-state index in [2.05, 4.69) is 36.5 Å². The zero-order valence-corrected chi connectivity index (χ0v) is 18.8. The SMILES string of the molecule is COc1cc(Br)c(Cl)c2cnc(Nc3cc(CN(C)C)cc(NC(C)=O)c3)nc12. The molecule has 2 aromatic carbocycles. The van der Waals surface area contributed by atoms with Gasteiger partial charge in [0.2, 0.25) is 11.9 Å². The van der Waals surface area contributed by atoms with Crippen molar-refractivity contribution in [1.29, 1.82) is 0 Å². The molecule has 1 amide bonds. The maximum absolute atomic E-state index is 11.5. The highest BCUT2D eigenvalue weighted by Gasteiger charge is 2.13. The number of anilines is 3. The topological polar surface area (TPSA) is 79.4 Å². The number of ether oxygens (including phenoxy) is 1. The van der Waals surface area contributed by atoms with E-state index >= 15 is 0 Å². The highest BCUT2D eigenvalue weighted by Crippen LogP contribution is 2.36. The van der Waals surface area contributed by atoms with Crippen LogP contribution >= 0.6 is 27.5 Å². The van der Waals surface area contributed by atoms with Crippen molar-refractivity contribution in [2.45, 2.75) is 13.5 Å². The summed E-state index contributed by atoms with van der Waals surface area (Å²) >= 11 is 9.77. The summed E-state index contributed by atoms with van der Waals surface area (Å²) in [5, 5.41) is 7.24. The second-order valence-electron chi connectivity index (χ2n) is 6.79. The predicted octanol–water partition coefficient (Wildman–Crippen LogP) is 4.82. The van der Waals surface area contributed by atoms with Crippen molar-refractivity contribution in [1.82, 2.24) is 14.9 Å². The Morgan fingerprint density at radius 3 is 2.62 bits per heavy atom. The van der Waals surface area contributed by atoms with E-state index in [-0.39, 0.29) is 5.91 Å². The summed E-state index contributed by atoms with van der Waals surface area (Å²) in [5.41, 5.74) is 3.10. The Bertz CT molecular complexity index is 1070. The van der Waals surface area contributed by atoms with Gasteiger partial charge in [-0.2, -0.15) is 0 Å². The van der Waals surface area contributed by atoms with E-state index < -0.39 is 0 Å². The summed E-state index contributed by atoms with van der Waals surface area (Å²) in [6.07, 6.45) is 1.65. The lowest BCUT2D eigenvalue weighted by Gasteiger charge is -2.15. The number of benzene rings is 2. The van der Waals surface area contributed by atoms with Crippen LogP contribution in [0.1, 0.15) is 12.5 Å². The van der Waals surface area contributed by atoms with Crippen molar-refractivity contribution in [3.63, 3.8) is 0 Å². The number of hydrogen-bond acceptors (Lipinski definition) is 6. The van der Waals surface area contributed by atoms with Crippen LogP contribution in [-0.4, -0.2) is 42.0 Å². The number of rotatable bonds is 6. The van der Waals surface area contributed by atoms with Gasteiger partial charge in [0, 0.05) is 40.9 Å². The lowest BCUT2D eigenvalue weighted by atomic mass is 10.1. The van der Waals surface area contributed by atoms with E-state index in [1.807, 2.05) is 37.2 Å². The number of nitrogens with one attached hydrogen (secondary N) is 2. The van der Waals surface area contributed by atoms with Gasteiger partial charge >= 0.3 is 0 Å². The molecule has 0 fully saturated rings. The summed E-state index contributed by atoms with van der Waals surface area (Å²) in [4.78, 5) is 22.5.